The van der Waals surface area contributed by atoms with E-state index in [0.717, 1.165) is 5.56 Å². The van der Waals surface area contributed by atoms with E-state index >= 15 is 0 Å². The Kier molecular flexibility index (Phi) is 8.09. The van der Waals surface area contributed by atoms with Gasteiger partial charge in [-0.3, -0.25) is 9.59 Å². The van der Waals surface area contributed by atoms with Crippen LogP contribution in [-0.2, 0) is 16.6 Å². The number of nitrogens with zero attached hydrogens (tertiary/aromatic N) is 1. The lowest BCUT2D eigenvalue weighted by Gasteiger charge is -2.21. The van der Waals surface area contributed by atoms with Crippen molar-refractivity contribution >= 4 is 51.5 Å². The number of esters is 1. The molecular formula is C29H26Cl2N2O5. The number of methoxy groups -OCH3 is 1. The van der Waals surface area contributed by atoms with E-state index in [4.69, 9.17) is 32.7 Å². The molecule has 196 valence electrons. The first-order valence-electron chi connectivity index (χ1n) is 11.9. The molecule has 0 spiro atoms. The van der Waals surface area contributed by atoms with E-state index in [1.807, 2.05) is 0 Å². The van der Waals surface area contributed by atoms with Crippen molar-refractivity contribution < 1.29 is 19.1 Å². The Labute approximate surface area is 229 Å². The Balaban J connectivity index is 1.75. The zero-order valence-electron chi connectivity index (χ0n) is 21.3. The average molecular weight is 553 g/mol. The van der Waals surface area contributed by atoms with Crippen molar-refractivity contribution in [3.63, 3.8) is 0 Å². The SMILES string of the molecule is CCC(OC(=O)c1c(-c2ccc(Cl)cc2)c2ccccc2c(=O)n1C)C(=O)Nc1cc(C)c(Cl)cc1OC. The predicted molar refractivity (Wildman–Crippen MR) is 151 cm³/mol. The summed E-state index contributed by atoms with van der Waals surface area (Å²) in [6, 6.07) is 17.3. The minimum atomic E-state index is -1.14. The number of carbonyl (C=O) groups is 2. The van der Waals surface area contributed by atoms with Gasteiger partial charge in [0, 0.05) is 34.1 Å². The summed E-state index contributed by atoms with van der Waals surface area (Å²) in [4.78, 5) is 40.0. The molecule has 9 heteroatoms. The number of carbonyl (C=O) groups excluding carboxylic acids is 2. The number of fused-ring (bicyclic) bond motifs is 1. The molecule has 0 fully saturated rings. The van der Waals surface area contributed by atoms with Crippen LogP contribution in [0.4, 0.5) is 5.69 Å². The fraction of sp³-hybridized carbons (Fsp3) is 0.207. The maximum atomic E-state index is 13.6. The van der Waals surface area contributed by atoms with E-state index in [1.165, 1.54) is 18.7 Å². The first-order chi connectivity index (χ1) is 18.2. The number of anilines is 1. The van der Waals surface area contributed by atoms with Crippen LogP contribution in [0, 0.1) is 6.92 Å². The highest BCUT2D eigenvalue weighted by Crippen LogP contribution is 2.33. The third kappa shape index (κ3) is 5.26. The first-order valence-corrected chi connectivity index (χ1v) is 12.7. The van der Waals surface area contributed by atoms with Crippen molar-refractivity contribution in [3.05, 3.63) is 92.3 Å². The standard InChI is InChI=1S/C29H26Cl2N2O5/c1-5-23(27(34)32-22-14-16(2)21(31)15-24(22)37-4)38-29(36)26-25(17-10-12-18(30)13-11-17)19-8-6-7-9-20(19)28(35)33(26)3/h6-15,23H,5H2,1-4H3,(H,32,34). The highest BCUT2D eigenvalue weighted by molar-refractivity contribution is 6.31. The minimum absolute atomic E-state index is 0.0298. The van der Waals surface area contributed by atoms with Gasteiger partial charge in [-0.15, -0.1) is 0 Å². The number of amides is 1. The van der Waals surface area contributed by atoms with Crippen LogP contribution in [0.2, 0.25) is 10.0 Å². The van der Waals surface area contributed by atoms with Crippen LogP contribution >= 0.6 is 23.2 Å². The van der Waals surface area contributed by atoms with Gasteiger partial charge < -0.3 is 19.4 Å². The summed E-state index contributed by atoms with van der Waals surface area (Å²) < 4.78 is 12.3. The average Bonchev–Trinajstić information content (AvgIpc) is 2.91. The molecule has 1 unspecified atom stereocenters. The molecule has 0 bridgehead atoms. The van der Waals surface area contributed by atoms with Crippen molar-refractivity contribution in [1.29, 1.82) is 0 Å². The molecule has 0 radical (unpaired) electrons. The molecule has 0 aliphatic rings. The summed E-state index contributed by atoms with van der Waals surface area (Å²) >= 11 is 12.3. The lowest BCUT2D eigenvalue weighted by atomic mass is 9.96. The number of aromatic nitrogens is 1. The smallest absolute Gasteiger partial charge is 0.356 e. The first kappa shape index (κ1) is 27.2. The molecular weight excluding hydrogens is 527 g/mol. The molecule has 0 saturated carbocycles. The molecule has 1 amide bonds. The Morgan fingerprint density at radius 2 is 1.68 bits per heavy atom. The highest BCUT2D eigenvalue weighted by atomic mass is 35.5. The molecule has 1 heterocycles. The van der Waals surface area contributed by atoms with E-state index in [2.05, 4.69) is 5.32 Å². The van der Waals surface area contributed by atoms with E-state index in [9.17, 15) is 14.4 Å². The van der Waals surface area contributed by atoms with Gasteiger partial charge in [0.05, 0.1) is 12.8 Å². The van der Waals surface area contributed by atoms with Crippen molar-refractivity contribution in [1.82, 2.24) is 4.57 Å². The van der Waals surface area contributed by atoms with Crippen LogP contribution in [0.5, 0.6) is 5.75 Å². The second-order valence-corrected chi connectivity index (χ2v) is 9.58. The number of hydrogen-bond donors (Lipinski definition) is 1. The maximum Gasteiger partial charge on any atom is 0.356 e. The van der Waals surface area contributed by atoms with Crippen LogP contribution in [0.3, 0.4) is 0 Å². The lowest BCUT2D eigenvalue weighted by molar-refractivity contribution is -0.124. The zero-order valence-corrected chi connectivity index (χ0v) is 22.8. The Hall–Kier alpha value is -3.81. The number of pyridine rings is 1. The molecule has 7 nitrogen and oxygen atoms in total. The zero-order chi connectivity index (χ0) is 27.6. The number of hydrogen-bond acceptors (Lipinski definition) is 5. The van der Waals surface area contributed by atoms with Gasteiger partial charge in [-0.1, -0.05) is 60.5 Å². The van der Waals surface area contributed by atoms with Gasteiger partial charge in [-0.05, 0) is 54.1 Å². The van der Waals surface area contributed by atoms with Gasteiger partial charge >= 0.3 is 5.97 Å². The third-order valence-electron chi connectivity index (χ3n) is 6.28. The molecule has 0 aliphatic carbocycles. The monoisotopic (exact) mass is 552 g/mol. The normalized spacial score (nSPS) is 11.7. The molecule has 4 rings (SSSR count). The predicted octanol–water partition coefficient (Wildman–Crippen LogP) is 6.40. The van der Waals surface area contributed by atoms with Crippen molar-refractivity contribution in [2.45, 2.75) is 26.4 Å². The van der Waals surface area contributed by atoms with Gasteiger partial charge in [0.25, 0.3) is 11.5 Å². The summed E-state index contributed by atoms with van der Waals surface area (Å²) in [5.74, 6) is -0.974. The van der Waals surface area contributed by atoms with Crippen molar-refractivity contribution in [2.75, 3.05) is 12.4 Å². The second kappa shape index (κ2) is 11.3. The second-order valence-electron chi connectivity index (χ2n) is 8.73. The number of halogens is 2. The molecule has 4 aromatic rings. The largest absolute Gasteiger partial charge is 0.495 e. The van der Waals surface area contributed by atoms with Gasteiger partial charge in [0.2, 0.25) is 0 Å². The van der Waals surface area contributed by atoms with Gasteiger partial charge in [-0.25, -0.2) is 4.79 Å². The molecule has 1 aromatic heterocycles. The lowest BCUT2D eigenvalue weighted by Crippen LogP contribution is -2.34. The van der Waals surface area contributed by atoms with E-state index < -0.39 is 18.0 Å². The number of rotatable bonds is 7. The Morgan fingerprint density at radius 1 is 1.03 bits per heavy atom. The van der Waals surface area contributed by atoms with Crippen LogP contribution in [0.15, 0.2) is 65.5 Å². The van der Waals surface area contributed by atoms with Gasteiger partial charge in [0.1, 0.15) is 11.4 Å². The fourth-order valence-electron chi connectivity index (χ4n) is 4.26. The van der Waals surface area contributed by atoms with E-state index in [0.29, 0.717) is 43.4 Å². The molecule has 0 saturated heterocycles. The molecule has 1 N–H and O–H groups in total. The number of benzene rings is 3. The van der Waals surface area contributed by atoms with Gasteiger partial charge in [-0.2, -0.15) is 0 Å². The maximum absolute atomic E-state index is 13.6. The van der Waals surface area contributed by atoms with Crippen LogP contribution in [-0.4, -0.2) is 29.7 Å². The number of nitrogens with one attached hydrogen (secondary N) is 1. The van der Waals surface area contributed by atoms with Gasteiger partial charge in [0.15, 0.2) is 6.10 Å². The summed E-state index contributed by atoms with van der Waals surface area (Å²) in [7, 11) is 2.97. The van der Waals surface area contributed by atoms with E-state index in [1.54, 1.807) is 74.5 Å². The number of aryl methyl sites for hydroxylation is 1. The molecule has 1 atom stereocenters. The topological polar surface area (TPSA) is 86.6 Å². The molecule has 38 heavy (non-hydrogen) atoms. The summed E-state index contributed by atoms with van der Waals surface area (Å²) in [6.45, 7) is 3.52. The summed E-state index contributed by atoms with van der Waals surface area (Å²) in [5.41, 5.74) is 1.99. The Bertz CT molecular complexity index is 1600. The van der Waals surface area contributed by atoms with Crippen molar-refractivity contribution in [3.8, 4) is 16.9 Å². The number of ether oxygens (including phenoxy) is 2. The quantitative estimate of drug-likeness (QED) is 0.268. The minimum Gasteiger partial charge on any atom is -0.495 e. The third-order valence-corrected chi connectivity index (χ3v) is 6.94. The molecule has 0 aliphatic heterocycles. The van der Waals surface area contributed by atoms with Crippen LogP contribution in [0.25, 0.3) is 21.9 Å². The Morgan fingerprint density at radius 3 is 2.32 bits per heavy atom. The van der Waals surface area contributed by atoms with Crippen molar-refractivity contribution in [2.24, 2.45) is 7.05 Å². The molecule has 3 aromatic carbocycles. The van der Waals surface area contributed by atoms with E-state index in [-0.39, 0.29) is 17.7 Å². The summed E-state index contributed by atoms with van der Waals surface area (Å²) in [5, 5.41) is 4.82. The fourth-order valence-corrected chi connectivity index (χ4v) is 4.54. The van der Waals surface area contributed by atoms with Crippen LogP contribution < -0.4 is 15.6 Å². The highest BCUT2D eigenvalue weighted by Gasteiger charge is 2.28. The summed E-state index contributed by atoms with van der Waals surface area (Å²) in [6.07, 6.45) is -0.938. The van der Waals surface area contributed by atoms with Crippen LogP contribution in [0.1, 0.15) is 29.4 Å².